The molecule has 4 saturated carbocycles. The number of esters is 3. The number of carbonyl (C=O) groups is 3. The van der Waals surface area contributed by atoms with Gasteiger partial charge < -0.3 is 28.3 Å². The fourth-order valence-corrected chi connectivity index (χ4v) is 9.84. The Morgan fingerprint density at radius 2 is 1.57 bits per heavy atom. The maximum absolute atomic E-state index is 13.1. The lowest BCUT2D eigenvalue weighted by molar-refractivity contribution is -0.862. The van der Waals surface area contributed by atoms with Crippen molar-refractivity contribution < 1.29 is 42.7 Å². The second-order valence-corrected chi connectivity index (χ2v) is 16.7. The standard InChI is InChI=1S/C33H54N2O7/c1-31-13-11-23(41-28(37)18-34(3,4)5)16-22(31)9-10-25-24(31)12-14-32(2)30(21-15-27(36)40-20-21)26(17-33(25,32)39)42-29(38)19-35(6,7)8/h15,22-26,30,39H,9-14,16-20H2,1-8H3/q+2/t22-,23-,24-,25+,26+,30+,31-,32+,33+/m0/s1. The maximum atomic E-state index is 13.1. The van der Waals surface area contributed by atoms with Gasteiger partial charge in [0.05, 0.1) is 47.9 Å². The Morgan fingerprint density at radius 1 is 0.929 bits per heavy atom. The summed E-state index contributed by atoms with van der Waals surface area (Å²) in [7, 11) is 11.9. The number of cyclic esters (lactones) is 1. The molecule has 42 heavy (non-hydrogen) atoms. The molecular weight excluding hydrogens is 536 g/mol. The topological polar surface area (TPSA) is 99.1 Å². The van der Waals surface area contributed by atoms with Crippen LogP contribution in [0.5, 0.6) is 0 Å². The summed E-state index contributed by atoms with van der Waals surface area (Å²) in [6.45, 7) is 5.36. The van der Waals surface area contributed by atoms with Crippen LogP contribution in [0.25, 0.3) is 0 Å². The molecule has 236 valence electrons. The van der Waals surface area contributed by atoms with E-state index < -0.39 is 17.1 Å². The van der Waals surface area contributed by atoms with Crippen molar-refractivity contribution in [2.45, 2.75) is 83.0 Å². The van der Waals surface area contributed by atoms with Crippen LogP contribution in [-0.4, -0.2) is 112 Å². The van der Waals surface area contributed by atoms with Gasteiger partial charge in [-0.3, -0.25) is 0 Å². The normalized spacial score (nSPS) is 41.6. The van der Waals surface area contributed by atoms with Crippen LogP contribution in [0, 0.1) is 34.5 Å². The van der Waals surface area contributed by atoms with E-state index in [1.54, 1.807) is 6.08 Å². The minimum atomic E-state index is -1.02. The quantitative estimate of drug-likeness (QED) is 0.276. The molecule has 9 nitrogen and oxygen atoms in total. The number of nitrogens with zero attached hydrogens (tertiary/aromatic N) is 2. The second kappa shape index (κ2) is 10.6. The van der Waals surface area contributed by atoms with E-state index in [2.05, 4.69) is 13.8 Å². The van der Waals surface area contributed by atoms with Gasteiger partial charge in [-0.2, -0.15) is 0 Å². The van der Waals surface area contributed by atoms with E-state index in [9.17, 15) is 19.5 Å². The highest BCUT2D eigenvalue weighted by atomic mass is 16.6. The molecule has 1 N–H and O–H groups in total. The van der Waals surface area contributed by atoms with E-state index in [4.69, 9.17) is 14.2 Å². The van der Waals surface area contributed by atoms with E-state index in [1.165, 1.54) is 0 Å². The molecule has 4 fully saturated rings. The highest BCUT2D eigenvalue weighted by molar-refractivity contribution is 5.85. The van der Waals surface area contributed by atoms with Crippen molar-refractivity contribution in [1.29, 1.82) is 0 Å². The van der Waals surface area contributed by atoms with Gasteiger partial charge in [-0.1, -0.05) is 13.8 Å². The summed E-state index contributed by atoms with van der Waals surface area (Å²) in [6, 6.07) is 0. The molecule has 0 bridgehead atoms. The van der Waals surface area contributed by atoms with Crippen LogP contribution in [0.3, 0.4) is 0 Å². The summed E-state index contributed by atoms with van der Waals surface area (Å²) in [4.78, 5) is 37.8. The predicted octanol–water partition coefficient (Wildman–Crippen LogP) is 3.09. The lowest BCUT2D eigenvalue weighted by Crippen LogP contribution is -2.62. The number of likely N-dealkylation sites (N-methyl/N-ethyl adjacent to an activating group) is 2. The summed E-state index contributed by atoms with van der Waals surface area (Å²) in [5.41, 5.74) is -0.647. The van der Waals surface area contributed by atoms with Gasteiger partial charge in [0.1, 0.15) is 18.8 Å². The lowest BCUT2D eigenvalue weighted by Gasteiger charge is -2.63. The van der Waals surface area contributed by atoms with Crippen molar-refractivity contribution >= 4 is 17.9 Å². The summed E-state index contributed by atoms with van der Waals surface area (Å²) < 4.78 is 18.5. The first-order valence-electron chi connectivity index (χ1n) is 15.9. The van der Waals surface area contributed by atoms with Crippen molar-refractivity contribution in [1.82, 2.24) is 0 Å². The van der Waals surface area contributed by atoms with Crippen LogP contribution in [0.4, 0.5) is 0 Å². The van der Waals surface area contributed by atoms with Crippen LogP contribution in [0.15, 0.2) is 11.6 Å². The van der Waals surface area contributed by atoms with E-state index >= 15 is 0 Å². The van der Waals surface area contributed by atoms with Gasteiger partial charge in [0.25, 0.3) is 0 Å². The SMILES string of the molecule is C[C@]12CC[C@H](OC(=O)C[N+](C)(C)C)C[C@@H]1CC[C@@H]1[C@@H]2CC[C@]2(C)[C@H](C3=CC(=O)OC3)[C@H](OC(=O)C[N+](C)(C)C)C[C@@]12O. The van der Waals surface area contributed by atoms with Gasteiger partial charge in [0, 0.05) is 23.8 Å². The molecule has 1 aliphatic heterocycles. The molecule has 1 heterocycles. The highest BCUT2D eigenvalue weighted by Gasteiger charge is 2.71. The van der Waals surface area contributed by atoms with Crippen molar-refractivity contribution in [2.24, 2.45) is 34.5 Å². The minimum Gasteiger partial charge on any atom is -0.458 e. The predicted molar refractivity (Wildman–Crippen MR) is 157 cm³/mol. The zero-order chi connectivity index (χ0) is 30.9. The highest BCUT2D eigenvalue weighted by Crippen LogP contribution is 2.70. The van der Waals surface area contributed by atoms with E-state index in [-0.39, 0.29) is 54.4 Å². The molecule has 9 heteroatoms. The van der Waals surface area contributed by atoms with E-state index in [0.29, 0.717) is 33.8 Å². The molecule has 0 spiro atoms. The van der Waals surface area contributed by atoms with Crippen LogP contribution >= 0.6 is 0 Å². The Balaban J connectivity index is 1.37. The van der Waals surface area contributed by atoms with Crippen LogP contribution in [0.2, 0.25) is 0 Å². The first-order chi connectivity index (χ1) is 19.3. The average molecular weight is 591 g/mol. The molecule has 4 aliphatic carbocycles. The van der Waals surface area contributed by atoms with Gasteiger partial charge in [-0.15, -0.1) is 0 Å². The largest absolute Gasteiger partial charge is 0.458 e. The Bertz CT molecular complexity index is 1140. The summed E-state index contributed by atoms with van der Waals surface area (Å²) in [5, 5.41) is 12.8. The molecular formula is C33H54N2O7+2. The Morgan fingerprint density at radius 3 is 2.17 bits per heavy atom. The summed E-state index contributed by atoms with van der Waals surface area (Å²) in [6.07, 6.45) is 7.81. The third kappa shape index (κ3) is 5.65. The molecule has 0 saturated heterocycles. The van der Waals surface area contributed by atoms with Crippen molar-refractivity contribution in [3.05, 3.63) is 11.6 Å². The Kier molecular flexibility index (Phi) is 7.93. The van der Waals surface area contributed by atoms with Crippen LogP contribution in [-0.2, 0) is 28.6 Å². The first kappa shape index (κ1) is 31.5. The van der Waals surface area contributed by atoms with Gasteiger partial charge >= 0.3 is 17.9 Å². The molecule has 0 aromatic rings. The molecule has 0 unspecified atom stereocenters. The van der Waals surface area contributed by atoms with E-state index in [0.717, 1.165) is 50.5 Å². The molecule has 5 rings (SSSR count). The fourth-order valence-electron chi connectivity index (χ4n) is 9.84. The zero-order valence-electron chi connectivity index (χ0n) is 27.1. The molecule has 9 atom stereocenters. The molecule has 0 radical (unpaired) electrons. The van der Waals surface area contributed by atoms with Crippen molar-refractivity contribution in [2.75, 3.05) is 62.0 Å². The fraction of sp³-hybridized carbons (Fsp3) is 0.848. The van der Waals surface area contributed by atoms with Crippen LogP contribution < -0.4 is 0 Å². The molecule has 5 aliphatic rings. The Labute approximate surface area is 251 Å². The number of ether oxygens (including phenoxy) is 3. The van der Waals surface area contributed by atoms with Gasteiger partial charge in [-0.25, -0.2) is 14.4 Å². The number of carbonyl (C=O) groups excluding carboxylic acids is 3. The zero-order valence-corrected chi connectivity index (χ0v) is 27.1. The number of hydrogen-bond acceptors (Lipinski definition) is 7. The third-order valence-electron chi connectivity index (χ3n) is 11.7. The number of rotatable bonds is 7. The van der Waals surface area contributed by atoms with Gasteiger partial charge in [-0.05, 0) is 73.7 Å². The summed E-state index contributed by atoms with van der Waals surface area (Å²) >= 11 is 0. The number of fused-ring (bicyclic) bond motifs is 5. The van der Waals surface area contributed by atoms with Gasteiger partial charge in [0.15, 0.2) is 13.1 Å². The number of aliphatic hydroxyl groups is 1. The van der Waals surface area contributed by atoms with Gasteiger partial charge in [0.2, 0.25) is 0 Å². The average Bonchev–Trinajstić information content (AvgIpc) is 3.34. The monoisotopic (exact) mass is 590 g/mol. The molecule has 0 amide bonds. The first-order valence-corrected chi connectivity index (χ1v) is 15.9. The minimum absolute atomic E-state index is 0.0386. The lowest BCUT2D eigenvalue weighted by atomic mass is 9.43. The number of quaternary nitrogens is 2. The third-order valence-corrected chi connectivity index (χ3v) is 11.7. The maximum Gasteiger partial charge on any atom is 0.362 e. The Hall–Kier alpha value is -1.97. The number of hydrogen-bond donors (Lipinski definition) is 1. The smallest absolute Gasteiger partial charge is 0.362 e. The molecule has 0 aromatic carbocycles. The summed E-state index contributed by atoms with van der Waals surface area (Å²) in [5.74, 6) is -0.152. The van der Waals surface area contributed by atoms with Crippen molar-refractivity contribution in [3.63, 3.8) is 0 Å². The van der Waals surface area contributed by atoms with Crippen LogP contribution in [0.1, 0.15) is 65.2 Å². The van der Waals surface area contributed by atoms with E-state index in [1.807, 2.05) is 42.3 Å². The molecule has 0 aromatic heterocycles. The van der Waals surface area contributed by atoms with Crippen molar-refractivity contribution in [3.8, 4) is 0 Å². The second-order valence-electron chi connectivity index (χ2n) is 16.7.